The first-order valence-electron chi connectivity index (χ1n) is 6.37. The topological polar surface area (TPSA) is 102 Å². The fourth-order valence-electron chi connectivity index (χ4n) is 2.05. The molecule has 0 saturated carbocycles. The van der Waals surface area contributed by atoms with Crippen LogP contribution < -0.4 is 11.1 Å². The van der Waals surface area contributed by atoms with Crippen molar-refractivity contribution in [1.82, 2.24) is 19.7 Å². The maximum Gasteiger partial charge on any atom is 0.254 e. The highest BCUT2D eigenvalue weighted by molar-refractivity contribution is 5.97. The predicted octanol–water partition coefficient (Wildman–Crippen LogP) is 1.50. The number of aromatic nitrogens is 4. The Bertz CT molecular complexity index is 746. The maximum absolute atomic E-state index is 11.3. The van der Waals surface area contributed by atoms with Crippen molar-refractivity contribution in [3.63, 3.8) is 0 Å². The van der Waals surface area contributed by atoms with Gasteiger partial charge in [-0.25, -0.2) is 4.98 Å². The van der Waals surface area contributed by atoms with Gasteiger partial charge in [0, 0.05) is 24.6 Å². The van der Waals surface area contributed by atoms with Crippen molar-refractivity contribution in [3.05, 3.63) is 60.3 Å². The minimum atomic E-state index is -0.527. The molecule has 3 aromatic rings. The highest BCUT2D eigenvalue weighted by Crippen LogP contribution is 2.19. The molecule has 1 amide bonds. The summed E-state index contributed by atoms with van der Waals surface area (Å²) in [5.41, 5.74) is 7.57. The van der Waals surface area contributed by atoms with Crippen LogP contribution in [0, 0.1) is 0 Å². The van der Waals surface area contributed by atoms with Gasteiger partial charge in [0.1, 0.15) is 11.4 Å². The third-order valence-corrected chi connectivity index (χ3v) is 3.03. The van der Waals surface area contributed by atoms with E-state index < -0.39 is 5.91 Å². The fourth-order valence-corrected chi connectivity index (χ4v) is 2.05. The zero-order chi connectivity index (χ0) is 14.7. The molecule has 2 aromatic heterocycles. The molecule has 21 heavy (non-hydrogen) atoms. The summed E-state index contributed by atoms with van der Waals surface area (Å²) >= 11 is 0. The number of rotatable bonds is 5. The van der Waals surface area contributed by atoms with Crippen LogP contribution in [-0.2, 0) is 6.54 Å². The first-order valence-corrected chi connectivity index (χ1v) is 6.37. The molecule has 0 saturated heterocycles. The van der Waals surface area contributed by atoms with Crippen molar-refractivity contribution >= 4 is 17.4 Å². The molecule has 0 spiro atoms. The van der Waals surface area contributed by atoms with Crippen molar-refractivity contribution in [2.24, 2.45) is 5.73 Å². The number of nitrogens with one attached hydrogen (secondary N) is 2. The van der Waals surface area contributed by atoms with E-state index in [1.807, 2.05) is 35.0 Å². The molecule has 4 N–H and O–H groups in total. The van der Waals surface area contributed by atoms with E-state index in [1.165, 1.54) is 6.20 Å². The zero-order valence-electron chi connectivity index (χ0n) is 11.2. The van der Waals surface area contributed by atoms with Crippen molar-refractivity contribution < 1.29 is 4.79 Å². The third-order valence-electron chi connectivity index (χ3n) is 3.03. The average Bonchev–Trinajstić information content (AvgIpc) is 3.10. The molecular formula is C14H14N6O. The number of imidazole rings is 1. The van der Waals surface area contributed by atoms with Crippen molar-refractivity contribution in [2.75, 3.05) is 5.32 Å². The minimum Gasteiger partial charge on any atom is -0.365 e. The monoisotopic (exact) mass is 282 g/mol. The molecular weight excluding hydrogens is 268 g/mol. The van der Waals surface area contributed by atoms with E-state index >= 15 is 0 Å². The molecule has 0 bridgehead atoms. The van der Waals surface area contributed by atoms with Crippen LogP contribution in [0.2, 0.25) is 0 Å². The zero-order valence-corrected chi connectivity index (χ0v) is 11.2. The van der Waals surface area contributed by atoms with Crippen molar-refractivity contribution in [1.29, 1.82) is 0 Å². The number of nitrogens with two attached hydrogens (primary N) is 1. The van der Waals surface area contributed by atoms with Crippen LogP contribution in [0.5, 0.6) is 0 Å². The Morgan fingerprint density at radius 2 is 2.33 bits per heavy atom. The quantitative estimate of drug-likeness (QED) is 0.660. The van der Waals surface area contributed by atoms with Crippen LogP contribution in [-0.4, -0.2) is 25.7 Å². The van der Waals surface area contributed by atoms with Gasteiger partial charge in [0.05, 0.1) is 12.5 Å². The molecule has 0 aliphatic carbocycles. The van der Waals surface area contributed by atoms with E-state index in [4.69, 9.17) is 5.73 Å². The number of hydrogen-bond donors (Lipinski definition) is 3. The van der Waals surface area contributed by atoms with Crippen LogP contribution >= 0.6 is 0 Å². The third kappa shape index (κ3) is 2.92. The summed E-state index contributed by atoms with van der Waals surface area (Å²) < 4.78 is 1.98. The Kier molecular flexibility index (Phi) is 3.38. The van der Waals surface area contributed by atoms with Crippen LogP contribution in [0.1, 0.15) is 15.9 Å². The lowest BCUT2D eigenvalue weighted by atomic mass is 10.2. The molecule has 0 atom stereocenters. The fraction of sp³-hybridized carbons (Fsp3) is 0.0714. The number of primary amides is 1. The van der Waals surface area contributed by atoms with Gasteiger partial charge in [0.15, 0.2) is 0 Å². The summed E-state index contributed by atoms with van der Waals surface area (Å²) in [6.45, 7) is 0.723. The van der Waals surface area contributed by atoms with Gasteiger partial charge >= 0.3 is 0 Å². The SMILES string of the molecule is NC(=O)c1cn[nH]c1Nc1cccc(Cn2ccnc2)c1. The first-order chi connectivity index (χ1) is 10.2. The van der Waals surface area contributed by atoms with Gasteiger partial charge in [-0.15, -0.1) is 0 Å². The van der Waals surface area contributed by atoms with E-state index in [9.17, 15) is 4.79 Å². The van der Waals surface area contributed by atoms with Crippen LogP contribution in [0.25, 0.3) is 0 Å². The molecule has 0 radical (unpaired) electrons. The Balaban J connectivity index is 1.80. The Hall–Kier alpha value is -3.09. The lowest BCUT2D eigenvalue weighted by molar-refractivity contribution is 0.100. The Labute approximate surface area is 120 Å². The summed E-state index contributed by atoms with van der Waals surface area (Å²) in [4.78, 5) is 15.3. The minimum absolute atomic E-state index is 0.329. The number of benzene rings is 1. The Morgan fingerprint density at radius 1 is 1.43 bits per heavy atom. The van der Waals surface area contributed by atoms with Gasteiger partial charge in [0.25, 0.3) is 5.91 Å². The van der Waals surface area contributed by atoms with Gasteiger partial charge in [-0.1, -0.05) is 12.1 Å². The molecule has 0 fully saturated rings. The highest BCUT2D eigenvalue weighted by Gasteiger charge is 2.10. The van der Waals surface area contributed by atoms with Crippen molar-refractivity contribution in [2.45, 2.75) is 6.54 Å². The standard InChI is InChI=1S/C14H14N6O/c15-13(21)12-7-17-19-14(12)18-11-3-1-2-10(6-11)8-20-5-4-16-9-20/h1-7,9H,8H2,(H2,15,21)(H2,17,18,19). The average molecular weight is 282 g/mol. The molecule has 7 heteroatoms. The summed E-state index contributed by atoms with van der Waals surface area (Å²) in [5.74, 6) is -0.0388. The number of carbonyl (C=O) groups is 1. The van der Waals surface area contributed by atoms with E-state index in [2.05, 4.69) is 20.5 Å². The number of H-pyrrole nitrogens is 1. The molecule has 2 heterocycles. The highest BCUT2D eigenvalue weighted by atomic mass is 16.1. The second-order valence-corrected chi connectivity index (χ2v) is 4.58. The number of carbonyl (C=O) groups excluding carboxylic acids is 1. The maximum atomic E-state index is 11.3. The van der Waals surface area contributed by atoms with E-state index in [1.54, 1.807) is 12.5 Å². The molecule has 106 valence electrons. The van der Waals surface area contributed by atoms with E-state index in [-0.39, 0.29) is 0 Å². The van der Waals surface area contributed by atoms with Crippen LogP contribution in [0.15, 0.2) is 49.2 Å². The lowest BCUT2D eigenvalue weighted by Gasteiger charge is -2.08. The van der Waals surface area contributed by atoms with E-state index in [0.29, 0.717) is 11.4 Å². The molecule has 0 aliphatic heterocycles. The molecule has 3 rings (SSSR count). The largest absolute Gasteiger partial charge is 0.365 e. The molecule has 7 nitrogen and oxygen atoms in total. The molecule has 0 aliphatic rings. The second kappa shape index (κ2) is 5.49. The smallest absolute Gasteiger partial charge is 0.254 e. The lowest BCUT2D eigenvalue weighted by Crippen LogP contribution is -2.12. The van der Waals surface area contributed by atoms with Crippen molar-refractivity contribution in [3.8, 4) is 0 Å². The van der Waals surface area contributed by atoms with Gasteiger partial charge in [-0.05, 0) is 17.7 Å². The first kappa shape index (κ1) is 12.9. The second-order valence-electron chi connectivity index (χ2n) is 4.58. The number of anilines is 2. The number of nitrogens with zero attached hydrogens (tertiary/aromatic N) is 3. The van der Waals surface area contributed by atoms with Crippen LogP contribution in [0.3, 0.4) is 0 Å². The van der Waals surface area contributed by atoms with Gasteiger partial charge in [0.2, 0.25) is 0 Å². The number of amides is 1. The number of hydrogen-bond acceptors (Lipinski definition) is 4. The predicted molar refractivity (Wildman–Crippen MR) is 78.2 cm³/mol. The summed E-state index contributed by atoms with van der Waals surface area (Å²) in [6.07, 6.45) is 6.81. The summed E-state index contributed by atoms with van der Waals surface area (Å²) in [6, 6.07) is 7.86. The van der Waals surface area contributed by atoms with Gasteiger partial charge < -0.3 is 15.6 Å². The molecule has 0 unspecified atom stereocenters. The number of aromatic amines is 1. The normalized spacial score (nSPS) is 10.5. The Morgan fingerprint density at radius 3 is 3.10 bits per heavy atom. The van der Waals surface area contributed by atoms with E-state index in [0.717, 1.165) is 17.8 Å². The van der Waals surface area contributed by atoms with Gasteiger partial charge in [-0.3, -0.25) is 9.89 Å². The summed E-state index contributed by atoms with van der Waals surface area (Å²) in [5, 5.41) is 9.66. The van der Waals surface area contributed by atoms with Gasteiger partial charge in [-0.2, -0.15) is 5.10 Å². The van der Waals surface area contributed by atoms with Crippen LogP contribution in [0.4, 0.5) is 11.5 Å². The summed E-state index contributed by atoms with van der Waals surface area (Å²) in [7, 11) is 0. The molecule has 1 aromatic carbocycles.